The van der Waals surface area contributed by atoms with Crippen molar-refractivity contribution in [2.75, 3.05) is 11.9 Å². The summed E-state index contributed by atoms with van der Waals surface area (Å²) in [4.78, 5) is 22.5. The van der Waals surface area contributed by atoms with Crippen LogP contribution in [0.2, 0.25) is 0 Å². The number of hydrogen-bond donors (Lipinski definition) is 3. The topological polar surface area (TPSA) is 78.4 Å². The molecule has 1 aromatic carbocycles. The van der Waals surface area contributed by atoms with Gasteiger partial charge in [0.25, 0.3) is 0 Å². The minimum absolute atomic E-state index is 0.0846. The minimum atomic E-state index is -1.24. The van der Waals surface area contributed by atoms with Crippen LogP contribution < -0.4 is 10.6 Å². The van der Waals surface area contributed by atoms with Gasteiger partial charge in [-0.05, 0) is 31.0 Å². The molecule has 0 fully saturated rings. The highest BCUT2D eigenvalue weighted by atomic mass is 19.1. The van der Waals surface area contributed by atoms with E-state index in [1.165, 1.54) is 0 Å². The fraction of sp³-hybridized carbons (Fsp3) is 0.286. The lowest BCUT2D eigenvalue weighted by molar-refractivity contribution is 0.0698. The molecule has 3 N–H and O–H groups in total. The van der Waals surface area contributed by atoms with Gasteiger partial charge in [-0.2, -0.15) is 0 Å². The number of nitrogens with one attached hydrogen (secondary N) is 2. The Morgan fingerprint density at radius 3 is 2.75 bits per heavy atom. The third-order valence-electron chi connectivity index (χ3n) is 2.49. The number of carboxylic acid groups (broad SMARTS) is 1. The second-order valence-electron chi connectivity index (χ2n) is 4.04. The number of aromatic carboxylic acids is 1. The summed E-state index contributed by atoms with van der Waals surface area (Å²) in [7, 11) is 0. The number of benzene rings is 1. The average Bonchev–Trinajstić information content (AvgIpc) is 2.38. The first-order valence-corrected chi connectivity index (χ1v) is 6.05. The molecule has 2 amide bonds. The Morgan fingerprint density at radius 1 is 1.35 bits per heavy atom. The summed E-state index contributed by atoms with van der Waals surface area (Å²) >= 11 is 0. The molecule has 20 heavy (non-hydrogen) atoms. The maximum absolute atomic E-state index is 13.1. The molecular weight excluding hydrogens is 263 g/mol. The summed E-state index contributed by atoms with van der Waals surface area (Å²) in [6, 6.07) is 2.49. The SMILES string of the molecule is C#CCCCCNC(=O)Nc1cc(F)ccc1C(=O)O. The summed E-state index contributed by atoms with van der Waals surface area (Å²) in [5.41, 5.74) is -0.257. The van der Waals surface area contributed by atoms with Gasteiger partial charge in [-0.25, -0.2) is 14.0 Å². The standard InChI is InChI=1S/C14H15FN2O3/c1-2-3-4-5-8-16-14(20)17-12-9-10(15)6-7-11(12)13(18)19/h1,6-7,9H,3-5,8H2,(H,18,19)(H2,16,17,20). The summed E-state index contributed by atoms with van der Waals surface area (Å²) in [5.74, 6) is 0.620. The van der Waals surface area contributed by atoms with Gasteiger partial charge in [-0.15, -0.1) is 12.3 Å². The molecule has 6 heteroatoms. The van der Waals surface area contributed by atoms with Gasteiger partial charge in [-0.3, -0.25) is 0 Å². The second-order valence-corrected chi connectivity index (χ2v) is 4.04. The summed E-state index contributed by atoms with van der Waals surface area (Å²) < 4.78 is 13.1. The molecule has 1 rings (SSSR count). The highest BCUT2D eigenvalue weighted by molar-refractivity contribution is 5.99. The van der Waals surface area contributed by atoms with E-state index in [-0.39, 0.29) is 11.3 Å². The molecule has 0 atom stereocenters. The van der Waals surface area contributed by atoms with Crippen molar-refractivity contribution in [3.8, 4) is 12.3 Å². The van der Waals surface area contributed by atoms with Crippen LogP contribution in [0.15, 0.2) is 18.2 Å². The van der Waals surface area contributed by atoms with Crippen LogP contribution >= 0.6 is 0 Å². The first-order valence-electron chi connectivity index (χ1n) is 6.05. The number of carbonyl (C=O) groups excluding carboxylic acids is 1. The molecule has 0 spiro atoms. The Labute approximate surface area is 116 Å². The Morgan fingerprint density at radius 2 is 2.10 bits per heavy atom. The van der Waals surface area contributed by atoms with Gasteiger partial charge in [0.1, 0.15) is 5.82 Å². The highest BCUT2D eigenvalue weighted by Crippen LogP contribution is 2.17. The first kappa shape index (κ1) is 15.5. The van der Waals surface area contributed by atoms with Crippen molar-refractivity contribution in [2.24, 2.45) is 0 Å². The number of carbonyl (C=O) groups is 2. The summed E-state index contributed by atoms with van der Waals surface area (Å²) in [6.45, 7) is 0.408. The highest BCUT2D eigenvalue weighted by Gasteiger charge is 2.13. The lowest BCUT2D eigenvalue weighted by Gasteiger charge is -2.09. The summed E-state index contributed by atoms with van der Waals surface area (Å²) in [6.07, 6.45) is 7.23. The van der Waals surface area contributed by atoms with E-state index in [2.05, 4.69) is 16.6 Å². The molecule has 0 bridgehead atoms. The molecule has 0 aliphatic heterocycles. The quantitative estimate of drug-likeness (QED) is 0.552. The van der Waals surface area contributed by atoms with Gasteiger partial charge in [-0.1, -0.05) is 0 Å². The van der Waals surface area contributed by atoms with Crippen molar-refractivity contribution >= 4 is 17.7 Å². The van der Waals surface area contributed by atoms with Crippen molar-refractivity contribution in [2.45, 2.75) is 19.3 Å². The molecule has 0 aromatic heterocycles. The van der Waals surface area contributed by atoms with E-state index >= 15 is 0 Å². The van der Waals surface area contributed by atoms with E-state index in [9.17, 15) is 14.0 Å². The van der Waals surface area contributed by atoms with E-state index < -0.39 is 17.8 Å². The number of carboxylic acids is 1. The molecule has 0 saturated carbocycles. The van der Waals surface area contributed by atoms with Crippen LogP contribution in [0.1, 0.15) is 29.6 Å². The van der Waals surface area contributed by atoms with Gasteiger partial charge >= 0.3 is 12.0 Å². The lowest BCUT2D eigenvalue weighted by atomic mass is 10.2. The van der Waals surface area contributed by atoms with Crippen LogP contribution in [0.25, 0.3) is 0 Å². The number of terminal acetylenes is 1. The van der Waals surface area contributed by atoms with Crippen LogP contribution in [-0.2, 0) is 0 Å². The zero-order valence-corrected chi connectivity index (χ0v) is 10.8. The number of unbranched alkanes of at least 4 members (excludes halogenated alkanes) is 2. The van der Waals surface area contributed by atoms with Crippen LogP contribution in [0, 0.1) is 18.2 Å². The first-order chi connectivity index (χ1) is 9.54. The number of rotatable bonds is 6. The molecule has 0 aliphatic rings. The molecule has 106 valence electrons. The summed E-state index contributed by atoms with van der Waals surface area (Å²) in [5, 5.41) is 13.8. The fourth-order valence-electron chi connectivity index (χ4n) is 1.53. The van der Waals surface area contributed by atoms with Crippen molar-refractivity contribution in [1.29, 1.82) is 0 Å². The average molecular weight is 278 g/mol. The number of urea groups is 1. The largest absolute Gasteiger partial charge is 0.478 e. The van der Waals surface area contributed by atoms with Crippen LogP contribution in [0.3, 0.4) is 0 Å². The third kappa shape index (κ3) is 4.98. The molecular formula is C14H15FN2O3. The minimum Gasteiger partial charge on any atom is -0.478 e. The predicted octanol–water partition coefficient (Wildman–Crippen LogP) is 2.45. The van der Waals surface area contributed by atoms with Crippen LogP contribution in [0.4, 0.5) is 14.9 Å². The molecule has 1 aromatic rings. The van der Waals surface area contributed by atoms with Gasteiger partial charge in [0, 0.05) is 13.0 Å². The molecule has 0 saturated heterocycles. The zero-order chi connectivity index (χ0) is 15.0. The van der Waals surface area contributed by atoms with Gasteiger partial charge in [0.15, 0.2) is 0 Å². The zero-order valence-electron chi connectivity index (χ0n) is 10.8. The Balaban J connectivity index is 2.55. The van der Waals surface area contributed by atoms with Crippen molar-refractivity contribution in [1.82, 2.24) is 5.32 Å². The molecule has 0 unspecified atom stereocenters. The van der Waals surface area contributed by atoms with Gasteiger partial charge in [0.2, 0.25) is 0 Å². The van der Waals surface area contributed by atoms with Crippen molar-refractivity contribution in [3.63, 3.8) is 0 Å². The molecule has 0 radical (unpaired) electrons. The maximum atomic E-state index is 13.1. The van der Waals surface area contributed by atoms with E-state index in [0.29, 0.717) is 19.4 Å². The van der Waals surface area contributed by atoms with Crippen LogP contribution in [0.5, 0.6) is 0 Å². The van der Waals surface area contributed by atoms with E-state index in [1.54, 1.807) is 0 Å². The van der Waals surface area contributed by atoms with E-state index in [1.807, 2.05) is 0 Å². The number of amides is 2. The fourth-order valence-corrected chi connectivity index (χ4v) is 1.53. The normalized spacial score (nSPS) is 9.60. The number of halogens is 1. The monoisotopic (exact) mass is 278 g/mol. The lowest BCUT2D eigenvalue weighted by Crippen LogP contribution is -2.30. The van der Waals surface area contributed by atoms with Crippen molar-refractivity contribution in [3.05, 3.63) is 29.6 Å². The van der Waals surface area contributed by atoms with Crippen molar-refractivity contribution < 1.29 is 19.1 Å². The molecule has 5 nitrogen and oxygen atoms in total. The Bertz CT molecular complexity index is 538. The van der Waals surface area contributed by atoms with E-state index in [4.69, 9.17) is 11.5 Å². The van der Waals surface area contributed by atoms with Crippen LogP contribution in [-0.4, -0.2) is 23.7 Å². The third-order valence-corrected chi connectivity index (χ3v) is 2.49. The Hall–Kier alpha value is -2.55. The Kier molecular flexibility index (Phi) is 6.04. The van der Waals surface area contributed by atoms with Gasteiger partial charge in [0.05, 0.1) is 11.3 Å². The predicted molar refractivity (Wildman–Crippen MR) is 73.1 cm³/mol. The smallest absolute Gasteiger partial charge is 0.337 e. The second kappa shape index (κ2) is 7.79. The molecule has 0 aliphatic carbocycles. The molecule has 0 heterocycles. The van der Waals surface area contributed by atoms with Gasteiger partial charge < -0.3 is 15.7 Å². The number of anilines is 1. The van der Waals surface area contributed by atoms with E-state index in [0.717, 1.165) is 24.6 Å². The number of hydrogen-bond acceptors (Lipinski definition) is 2. The maximum Gasteiger partial charge on any atom is 0.337 e.